The maximum absolute atomic E-state index is 9.84. The zero-order valence-electron chi connectivity index (χ0n) is 28.3. The minimum absolute atomic E-state index is 0.257. The second kappa shape index (κ2) is 17.0. The summed E-state index contributed by atoms with van der Waals surface area (Å²) in [6.45, 7) is 4.45. The number of ether oxygens (including phenoxy) is 1. The van der Waals surface area contributed by atoms with Crippen molar-refractivity contribution in [3.63, 3.8) is 0 Å². The Kier molecular flexibility index (Phi) is 11.5. The van der Waals surface area contributed by atoms with Crippen LogP contribution in [0.3, 0.4) is 0 Å². The number of fused-ring (bicyclic) bond motifs is 2. The summed E-state index contributed by atoms with van der Waals surface area (Å²) in [4.78, 5) is 17.5. The largest absolute Gasteiger partial charge is 0.378 e. The second-order valence-corrected chi connectivity index (χ2v) is 11.6. The minimum Gasteiger partial charge on any atom is -0.378 e. The first-order valence-electron chi connectivity index (χ1n) is 16.3. The molecular formula is C36H38N12O3. The Labute approximate surface area is 294 Å². The van der Waals surface area contributed by atoms with Crippen LogP contribution in [0.25, 0.3) is 21.8 Å². The fourth-order valence-electron chi connectivity index (χ4n) is 5.09. The highest BCUT2D eigenvalue weighted by Crippen LogP contribution is 2.29. The van der Waals surface area contributed by atoms with Crippen LogP contribution in [0.5, 0.6) is 0 Å². The zero-order chi connectivity index (χ0) is 35.4. The summed E-state index contributed by atoms with van der Waals surface area (Å²) < 4.78 is 5.72. The lowest BCUT2D eigenvalue weighted by atomic mass is 10.2. The molecule has 0 unspecified atom stereocenters. The normalized spacial score (nSPS) is 11.5. The molecule has 6 aromatic rings. The lowest BCUT2D eigenvalue weighted by molar-refractivity contribution is 0.0314. The van der Waals surface area contributed by atoms with Crippen molar-refractivity contribution in [2.75, 3.05) is 50.4 Å². The summed E-state index contributed by atoms with van der Waals surface area (Å²) in [7, 11) is 0. The maximum Gasteiger partial charge on any atom is 0.141 e. The summed E-state index contributed by atoms with van der Waals surface area (Å²) in [5, 5.41) is 47.7. The molecule has 0 spiro atoms. The molecule has 6 rings (SSSR count). The minimum atomic E-state index is -0.348. The van der Waals surface area contributed by atoms with E-state index < -0.39 is 0 Å². The number of aryl methyl sites for hydroxylation is 2. The van der Waals surface area contributed by atoms with Crippen LogP contribution in [0, 0.1) is 13.8 Å². The Bertz CT molecular complexity index is 1990. The molecule has 0 saturated carbocycles. The van der Waals surface area contributed by atoms with E-state index in [9.17, 15) is 10.2 Å². The van der Waals surface area contributed by atoms with Crippen LogP contribution >= 0.6 is 0 Å². The third-order valence-corrected chi connectivity index (χ3v) is 7.69. The molecule has 0 fully saturated rings. The van der Waals surface area contributed by atoms with Crippen molar-refractivity contribution in [1.29, 1.82) is 0 Å². The number of nitrogens with zero attached hydrogens (tertiary/aromatic N) is 10. The van der Waals surface area contributed by atoms with E-state index >= 15 is 0 Å². The number of rotatable bonds is 16. The number of nitrogens with one attached hydrogen (secondary N) is 2. The molecular weight excluding hydrogens is 648 g/mol. The van der Waals surface area contributed by atoms with E-state index in [1.807, 2.05) is 86.6 Å². The summed E-state index contributed by atoms with van der Waals surface area (Å²) in [5.41, 5.74) is 6.76. The third-order valence-electron chi connectivity index (χ3n) is 7.69. The van der Waals surface area contributed by atoms with E-state index in [-0.39, 0.29) is 39.8 Å². The summed E-state index contributed by atoms with van der Waals surface area (Å²) >= 11 is 0. The molecule has 51 heavy (non-hydrogen) atoms. The van der Waals surface area contributed by atoms with E-state index in [1.165, 1.54) is 22.7 Å². The van der Waals surface area contributed by atoms with Crippen LogP contribution in [0.4, 0.5) is 34.4 Å². The first-order valence-corrected chi connectivity index (χ1v) is 16.3. The third kappa shape index (κ3) is 9.51. The Morgan fingerprint density at radius 2 is 1.08 bits per heavy atom. The Balaban J connectivity index is 0.998. The first-order chi connectivity index (χ1) is 25.0. The van der Waals surface area contributed by atoms with Gasteiger partial charge in [-0.15, -0.1) is 10.2 Å². The lowest BCUT2D eigenvalue weighted by Gasteiger charge is -2.16. The summed E-state index contributed by atoms with van der Waals surface area (Å²) in [6, 6.07) is 27.0. The highest BCUT2D eigenvalue weighted by Gasteiger charge is 2.09. The van der Waals surface area contributed by atoms with Gasteiger partial charge in [0.1, 0.15) is 37.8 Å². The van der Waals surface area contributed by atoms with Crippen LogP contribution in [-0.2, 0) is 4.74 Å². The Morgan fingerprint density at radius 3 is 1.51 bits per heavy atom. The number of benzene rings is 4. The van der Waals surface area contributed by atoms with Gasteiger partial charge in [-0.25, -0.2) is 19.9 Å². The Hall–Kier alpha value is -6.16. The van der Waals surface area contributed by atoms with Crippen LogP contribution in [-0.4, -0.2) is 79.9 Å². The number of aliphatic hydroxyl groups excluding tert-OH is 2. The van der Waals surface area contributed by atoms with E-state index in [1.54, 1.807) is 12.1 Å². The van der Waals surface area contributed by atoms with E-state index in [0.717, 1.165) is 44.3 Å². The first kappa shape index (κ1) is 34.7. The van der Waals surface area contributed by atoms with Crippen LogP contribution in [0.2, 0.25) is 0 Å². The molecule has 0 aliphatic heterocycles. The van der Waals surface area contributed by atoms with Gasteiger partial charge in [0.2, 0.25) is 0 Å². The topological polar surface area (TPSA) is 181 Å². The zero-order valence-corrected chi connectivity index (χ0v) is 28.3. The highest BCUT2D eigenvalue weighted by molar-refractivity contribution is 5.93. The molecule has 0 saturated heterocycles. The average molecular weight is 687 g/mol. The molecule has 4 N–H and O–H groups in total. The second-order valence-electron chi connectivity index (χ2n) is 11.6. The monoisotopic (exact) mass is 686 g/mol. The molecule has 2 heterocycles. The molecule has 15 nitrogen and oxygen atoms in total. The SMILES string of the molecule is Cc1cccc(Nc2ncnc3ccc(N=NN(CO)CCOCCN(CO)N=Nc4ccc5ncnc(Nc6cccc(C)c6)c5c4)cc23)c1. The molecule has 0 aliphatic carbocycles. The molecule has 0 bridgehead atoms. The quantitative estimate of drug-likeness (QED) is 0.0360. The van der Waals surface area contributed by atoms with E-state index in [4.69, 9.17) is 4.74 Å². The van der Waals surface area contributed by atoms with Crippen molar-refractivity contribution in [3.05, 3.63) is 109 Å². The molecule has 4 aromatic carbocycles. The standard InChI is InChI=1S/C36H38N12O3/c1-25-5-3-7-27(17-25)41-35-31-19-29(9-11-33(31)37-21-39-35)43-45-47(23-49)13-15-51-16-14-48(24-50)46-44-30-10-12-34-32(20-30)36(40-22-38-34)42-28-8-4-6-26(2)18-28/h3-12,17-22,49-50H,13-16,23-24H2,1-2H3,(H,37,39,41)(H,38,40,42). The van der Waals surface area contributed by atoms with Gasteiger partial charge >= 0.3 is 0 Å². The molecule has 0 amide bonds. The van der Waals surface area contributed by atoms with Gasteiger partial charge < -0.3 is 25.6 Å². The summed E-state index contributed by atoms with van der Waals surface area (Å²) in [6.07, 6.45) is 3.03. The number of anilines is 4. The molecule has 2 aromatic heterocycles. The van der Waals surface area contributed by atoms with Crippen LogP contribution in [0.1, 0.15) is 11.1 Å². The number of hydrogen-bond acceptors (Lipinski definition) is 13. The molecule has 0 aliphatic rings. The van der Waals surface area contributed by atoms with E-state index in [0.29, 0.717) is 23.0 Å². The fraction of sp³-hybridized carbons (Fsp3) is 0.222. The van der Waals surface area contributed by atoms with Crippen molar-refractivity contribution in [1.82, 2.24) is 30.0 Å². The van der Waals surface area contributed by atoms with Crippen molar-refractivity contribution in [3.8, 4) is 0 Å². The van der Waals surface area contributed by atoms with Gasteiger partial charge in [-0.1, -0.05) is 34.7 Å². The maximum atomic E-state index is 9.84. The van der Waals surface area contributed by atoms with Gasteiger partial charge in [0.25, 0.3) is 0 Å². The molecule has 0 atom stereocenters. The highest BCUT2D eigenvalue weighted by atomic mass is 16.5. The van der Waals surface area contributed by atoms with Gasteiger partial charge in [-0.3, -0.25) is 10.0 Å². The van der Waals surface area contributed by atoms with Crippen molar-refractivity contribution in [2.24, 2.45) is 20.7 Å². The van der Waals surface area contributed by atoms with Gasteiger partial charge in [0.15, 0.2) is 0 Å². The smallest absolute Gasteiger partial charge is 0.141 e. The van der Waals surface area contributed by atoms with Crippen molar-refractivity contribution < 1.29 is 14.9 Å². The fourth-order valence-corrected chi connectivity index (χ4v) is 5.09. The summed E-state index contributed by atoms with van der Waals surface area (Å²) in [5.74, 6) is 1.30. The average Bonchev–Trinajstić information content (AvgIpc) is 3.14. The number of aliphatic hydroxyl groups is 2. The number of aromatic nitrogens is 4. The molecule has 0 radical (unpaired) electrons. The molecule has 15 heteroatoms. The van der Waals surface area contributed by atoms with Gasteiger partial charge in [-0.2, -0.15) is 0 Å². The van der Waals surface area contributed by atoms with Crippen LogP contribution < -0.4 is 10.6 Å². The Morgan fingerprint density at radius 1 is 0.608 bits per heavy atom. The lowest BCUT2D eigenvalue weighted by Crippen LogP contribution is -2.26. The predicted octanol–water partition coefficient (Wildman–Crippen LogP) is 6.89. The van der Waals surface area contributed by atoms with Crippen molar-refractivity contribution >= 4 is 56.2 Å². The molecule has 260 valence electrons. The predicted molar refractivity (Wildman–Crippen MR) is 195 cm³/mol. The van der Waals surface area contributed by atoms with E-state index in [2.05, 4.69) is 51.2 Å². The van der Waals surface area contributed by atoms with Gasteiger partial charge in [-0.05, 0) is 85.6 Å². The number of hydrogen-bond donors (Lipinski definition) is 4. The van der Waals surface area contributed by atoms with Gasteiger partial charge in [0.05, 0.1) is 48.7 Å². The van der Waals surface area contributed by atoms with Crippen molar-refractivity contribution in [2.45, 2.75) is 13.8 Å². The van der Waals surface area contributed by atoms with Crippen LogP contribution in [0.15, 0.2) is 118 Å². The van der Waals surface area contributed by atoms with Gasteiger partial charge in [0, 0.05) is 22.1 Å².